The molecule has 2 atom stereocenters. The molecule has 1 heterocycles. The molecule has 0 aromatic heterocycles. The second kappa shape index (κ2) is 3.16. The fourth-order valence-corrected chi connectivity index (χ4v) is 1.23. The summed E-state index contributed by atoms with van der Waals surface area (Å²) < 4.78 is 0. The Morgan fingerprint density at radius 1 is 1.15 bits per heavy atom. The Balaban J connectivity index is 2.24. The highest BCUT2D eigenvalue weighted by Gasteiger charge is 2.27. The summed E-state index contributed by atoms with van der Waals surface area (Å²) in [5.41, 5.74) is 0.766. The number of para-hydroxylation sites is 1. The number of hydrogen-bond donors (Lipinski definition) is 2. The molecule has 4 heteroatoms. The van der Waals surface area contributed by atoms with Crippen LogP contribution in [0.5, 0.6) is 0 Å². The molecule has 0 spiro atoms. The van der Waals surface area contributed by atoms with Crippen molar-refractivity contribution in [1.29, 1.82) is 0 Å². The summed E-state index contributed by atoms with van der Waals surface area (Å²) in [6, 6.07) is 9.22. The second-order valence-electron chi connectivity index (χ2n) is 2.85. The highest BCUT2D eigenvalue weighted by atomic mass is 16.4. The molecule has 1 aromatic carbocycles. The minimum atomic E-state index is -0.970. The molecule has 68 valence electrons. The van der Waals surface area contributed by atoms with E-state index < -0.39 is 12.3 Å². The molecule has 0 saturated heterocycles. The van der Waals surface area contributed by atoms with E-state index in [1.807, 2.05) is 30.3 Å². The van der Waals surface area contributed by atoms with Crippen molar-refractivity contribution >= 4 is 11.9 Å². The van der Waals surface area contributed by atoms with E-state index >= 15 is 0 Å². The molecule has 2 unspecified atom stereocenters. The SMILES string of the molecule is OC1C=NN(c2ccccc2)C1O. The number of aliphatic hydroxyl groups excluding tert-OH is 2. The predicted molar refractivity (Wildman–Crippen MR) is 49.4 cm³/mol. The maximum atomic E-state index is 9.46. The lowest BCUT2D eigenvalue weighted by atomic mass is 10.3. The third-order valence-electron chi connectivity index (χ3n) is 1.92. The molecule has 2 N–H and O–H groups in total. The van der Waals surface area contributed by atoms with Crippen molar-refractivity contribution in [3.8, 4) is 0 Å². The largest absolute Gasteiger partial charge is 0.383 e. The first-order valence-corrected chi connectivity index (χ1v) is 4.03. The highest BCUT2D eigenvalue weighted by molar-refractivity contribution is 5.70. The van der Waals surface area contributed by atoms with Crippen LogP contribution in [0.1, 0.15) is 0 Å². The Labute approximate surface area is 75.7 Å². The summed E-state index contributed by atoms with van der Waals surface area (Å²) in [6.45, 7) is 0. The van der Waals surface area contributed by atoms with Gasteiger partial charge in [0, 0.05) is 0 Å². The van der Waals surface area contributed by atoms with E-state index in [1.165, 1.54) is 11.2 Å². The van der Waals surface area contributed by atoms with Crippen LogP contribution in [0.25, 0.3) is 0 Å². The van der Waals surface area contributed by atoms with Gasteiger partial charge in [0.15, 0.2) is 6.23 Å². The zero-order chi connectivity index (χ0) is 9.26. The van der Waals surface area contributed by atoms with Crippen molar-refractivity contribution in [2.24, 2.45) is 5.10 Å². The van der Waals surface area contributed by atoms with E-state index in [0.29, 0.717) is 0 Å². The lowest BCUT2D eigenvalue weighted by molar-refractivity contribution is 0.0712. The van der Waals surface area contributed by atoms with Crippen molar-refractivity contribution in [3.05, 3.63) is 30.3 Å². The number of nitrogens with zero attached hydrogens (tertiary/aromatic N) is 2. The van der Waals surface area contributed by atoms with Crippen LogP contribution in [0.3, 0.4) is 0 Å². The third kappa shape index (κ3) is 1.41. The van der Waals surface area contributed by atoms with E-state index in [9.17, 15) is 10.2 Å². The second-order valence-corrected chi connectivity index (χ2v) is 2.85. The molecular weight excluding hydrogens is 168 g/mol. The van der Waals surface area contributed by atoms with E-state index in [0.717, 1.165) is 5.69 Å². The first-order valence-electron chi connectivity index (χ1n) is 4.03. The molecule has 0 aliphatic carbocycles. The van der Waals surface area contributed by atoms with Crippen molar-refractivity contribution < 1.29 is 10.2 Å². The molecule has 0 fully saturated rings. The van der Waals surface area contributed by atoms with E-state index in [1.54, 1.807) is 0 Å². The van der Waals surface area contributed by atoms with Crippen LogP contribution in [-0.2, 0) is 0 Å². The van der Waals surface area contributed by atoms with Crippen molar-refractivity contribution in [2.45, 2.75) is 12.3 Å². The highest BCUT2D eigenvalue weighted by Crippen LogP contribution is 2.20. The van der Waals surface area contributed by atoms with Crippen LogP contribution in [0, 0.1) is 0 Å². The molecule has 0 saturated carbocycles. The number of hydrazone groups is 1. The third-order valence-corrected chi connectivity index (χ3v) is 1.92. The molecule has 2 rings (SSSR count). The molecule has 0 bridgehead atoms. The Morgan fingerprint density at radius 2 is 1.85 bits per heavy atom. The standard InChI is InChI=1S/C9H10N2O2/c12-8-6-10-11(9(8)13)7-4-2-1-3-5-7/h1-6,8-9,12-13H. The fraction of sp³-hybridized carbons (Fsp3) is 0.222. The van der Waals surface area contributed by atoms with Crippen LogP contribution in [0.4, 0.5) is 5.69 Å². The maximum absolute atomic E-state index is 9.46. The summed E-state index contributed by atoms with van der Waals surface area (Å²) in [5.74, 6) is 0. The number of anilines is 1. The van der Waals surface area contributed by atoms with Gasteiger partial charge in [0.25, 0.3) is 0 Å². The van der Waals surface area contributed by atoms with Crippen molar-refractivity contribution in [3.63, 3.8) is 0 Å². The molecule has 0 radical (unpaired) electrons. The molecule has 13 heavy (non-hydrogen) atoms. The fourth-order valence-electron chi connectivity index (χ4n) is 1.23. The lowest BCUT2D eigenvalue weighted by Gasteiger charge is -2.20. The Morgan fingerprint density at radius 3 is 2.38 bits per heavy atom. The van der Waals surface area contributed by atoms with Gasteiger partial charge < -0.3 is 10.2 Å². The first kappa shape index (κ1) is 8.22. The Kier molecular flexibility index (Phi) is 2.00. The zero-order valence-corrected chi connectivity index (χ0v) is 6.91. The van der Waals surface area contributed by atoms with E-state index in [-0.39, 0.29) is 0 Å². The minimum absolute atomic E-state index is 0.766. The van der Waals surface area contributed by atoms with E-state index in [4.69, 9.17) is 0 Å². The van der Waals surface area contributed by atoms with Gasteiger partial charge in [-0.15, -0.1) is 0 Å². The quantitative estimate of drug-likeness (QED) is 0.644. The molecule has 0 amide bonds. The molecule has 1 aliphatic heterocycles. The van der Waals surface area contributed by atoms with Gasteiger partial charge in [-0.05, 0) is 12.1 Å². The molecule has 4 nitrogen and oxygen atoms in total. The summed E-state index contributed by atoms with van der Waals surface area (Å²) in [6.07, 6.45) is -0.555. The summed E-state index contributed by atoms with van der Waals surface area (Å²) in [7, 11) is 0. The number of hydrogen-bond acceptors (Lipinski definition) is 4. The molecule has 1 aliphatic rings. The van der Waals surface area contributed by atoms with Crippen LogP contribution in [-0.4, -0.2) is 28.8 Å². The normalized spacial score (nSPS) is 26.8. The van der Waals surface area contributed by atoms with Crippen molar-refractivity contribution in [2.75, 3.05) is 5.01 Å². The van der Waals surface area contributed by atoms with Gasteiger partial charge in [-0.2, -0.15) is 5.10 Å². The van der Waals surface area contributed by atoms with Crippen LogP contribution < -0.4 is 5.01 Å². The van der Waals surface area contributed by atoms with Crippen molar-refractivity contribution in [1.82, 2.24) is 0 Å². The smallest absolute Gasteiger partial charge is 0.178 e. The van der Waals surface area contributed by atoms with Crippen LogP contribution in [0.2, 0.25) is 0 Å². The molecular formula is C9H10N2O2. The minimum Gasteiger partial charge on any atom is -0.383 e. The summed E-state index contributed by atoms with van der Waals surface area (Å²) in [4.78, 5) is 0. The number of aliphatic hydroxyl groups is 2. The number of benzene rings is 1. The maximum Gasteiger partial charge on any atom is 0.178 e. The van der Waals surface area contributed by atoms with Gasteiger partial charge in [0.1, 0.15) is 6.10 Å². The topological polar surface area (TPSA) is 56.1 Å². The zero-order valence-electron chi connectivity index (χ0n) is 6.91. The van der Waals surface area contributed by atoms with Gasteiger partial charge in [-0.1, -0.05) is 18.2 Å². The van der Waals surface area contributed by atoms with Gasteiger partial charge in [0.2, 0.25) is 0 Å². The van der Waals surface area contributed by atoms with Gasteiger partial charge in [0.05, 0.1) is 11.9 Å². The van der Waals surface area contributed by atoms with Gasteiger partial charge in [-0.25, -0.2) is 5.01 Å². The monoisotopic (exact) mass is 178 g/mol. The first-order chi connectivity index (χ1) is 6.29. The average Bonchev–Trinajstić information content (AvgIpc) is 2.49. The van der Waals surface area contributed by atoms with Gasteiger partial charge in [-0.3, -0.25) is 0 Å². The Hall–Kier alpha value is -1.39. The summed E-state index contributed by atoms with van der Waals surface area (Å²) in [5, 5.41) is 23.9. The lowest BCUT2D eigenvalue weighted by Crippen LogP contribution is -2.34. The Bertz CT molecular complexity index is 313. The van der Waals surface area contributed by atoms with Crippen LogP contribution in [0.15, 0.2) is 35.4 Å². The van der Waals surface area contributed by atoms with E-state index in [2.05, 4.69) is 5.10 Å². The average molecular weight is 178 g/mol. The molecule has 1 aromatic rings. The van der Waals surface area contributed by atoms with Gasteiger partial charge >= 0.3 is 0 Å². The van der Waals surface area contributed by atoms with Crippen LogP contribution >= 0.6 is 0 Å². The number of rotatable bonds is 1. The predicted octanol–water partition coefficient (Wildman–Crippen LogP) is 0.172. The summed E-state index contributed by atoms with van der Waals surface area (Å²) >= 11 is 0.